The summed E-state index contributed by atoms with van der Waals surface area (Å²) in [5, 5.41) is 3.09. The van der Waals surface area contributed by atoms with Crippen molar-refractivity contribution in [2.45, 2.75) is 36.9 Å². The van der Waals surface area contributed by atoms with Gasteiger partial charge in [-0.3, -0.25) is 14.9 Å². The van der Waals surface area contributed by atoms with Crippen LogP contribution < -0.4 is 5.32 Å². The van der Waals surface area contributed by atoms with Crippen molar-refractivity contribution in [1.29, 1.82) is 0 Å². The summed E-state index contributed by atoms with van der Waals surface area (Å²) in [5.74, 6) is 0.0164. The number of carbonyl (C=O) groups is 2. The van der Waals surface area contributed by atoms with Gasteiger partial charge in [-0.05, 0) is 12.8 Å². The van der Waals surface area contributed by atoms with Gasteiger partial charge in [0.05, 0.1) is 12.2 Å². The number of hydrogen-bond acceptors (Lipinski definition) is 7. The van der Waals surface area contributed by atoms with Crippen molar-refractivity contribution in [3.63, 3.8) is 0 Å². The predicted octanol–water partition coefficient (Wildman–Crippen LogP) is -0.805. The van der Waals surface area contributed by atoms with Crippen LogP contribution in [0.3, 0.4) is 0 Å². The minimum Gasteiger partial charge on any atom is -0.465 e. The Morgan fingerprint density at radius 1 is 1.37 bits per heavy atom. The largest absolute Gasteiger partial charge is 0.465 e. The SMILES string of the molecule is O=COC[C@@]12O[C@H]3CCCO[C@H]3C1CN[C@H]2OC=O. The normalized spacial score (nSPS) is 44.2. The quantitative estimate of drug-likeness (QED) is 0.655. The maximum absolute atomic E-state index is 10.6. The summed E-state index contributed by atoms with van der Waals surface area (Å²) in [6, 6.07) is 0. The van der Waals surface area contributed by atoms with E-state index in [1.54, 1.807) is 0 Å². The zero-order chi connectivity index (χ0) is 13.3. The van der Waals surface area contributed by atoms with Gasteiger partial charge in [0.15, 0.2) is 11.8 Å². The van der Waals surface area contributed by atoms with Crippen molar-refractivity contribution in [1.82, 2.24) is 5.32 Å². The van der Waals surface area contributed by atoms with E-state index in [-0.39, 0.29) is 24.7 Å². The first-order valence-corrected chi connectivity index (χ1v) is 6.49. The minimum atomic E-state index is -0.832. The molecule has 5 atom stereocenters. The van der Waals surface area contributed by atoms with Gasteiger partial charge in [-0.25, -0.2) is 0 Å². The van der Waals surface area contributed by atoms with Crippen molar-refractivity contribution in [2.24, 2.45) is 5.92 Å². The van der Waals surface area contributed by atoms with E-state index < -0.39 is 11.8 Å². The van der Waals surface area contributed by atoms with Gasteiger partial charge in [-0.2, -0.15) is 0 Å². The van der Waals surface area contributed by atoms with Crippen molar-refractivity contribution in [2.75, 3.05) is 19.8 Å². The highest BCUT2D eigenvalue weighted by atomic mass is 16.6. The van der Waals surface area contributed by atoms with E-state index >= 15 is 0 Å². The molecular weight excluding hydrogens is 254 g/mol. The molecule has 0 amide bonds. The molecule has 0 saturated carbocycles. The maximum Gasteiger partial charge on any atom is 0.294 e. The fourth-order valence-electron chi connectivity index (χ4n) is 3.48. The van der Waals surface area contributed by atoms with Gasteiger partial charge in [0, 0.05) is 19.1 Å². The van der Waals surface area contributed by atoms with E-state index in [9.17, 15) is 9.59 Å². The third-order valence-corrected chi connectivity index (χ3v) is 4.24. The molecule has 3 saturated heterocycles. The second-order valence-electron chi connectivity index (χ2n) is 5.12. The lowest BCUT2D eigenvalue weighted by Gasteiger charge is -2.31. The van der Waals surface area contributed by atoms with E-state index in [2.05, 4.69) is 5.32 Å². The van der Waals surface area contributed by atoms with Crippen LogP contribution in [0.25, 0.3) is 0 Å². The molecule has 7 nitrogen and oxygen atoms in total. The number of nitrogens with one attached hydrogen (secondary N) is 1. The van der Waals surface area contributed by atoms with Gasteiger partial charge in [-0.15, -0.1) is 0 Å². The summed E-state index contributed by atoms with van der Waals surface area (Å²) in [6.45, 7) is 2.15. The van der Waals surface area contributed by atoms with Crippen molar-refractivity contribution < 1.29 is 28.5 Å². The molecule has 1 unspecified atom stereocenters. The van der Waals surface area contributed by atoms with Crippen molar-refractivity contribution in [3.8, 4) is 0 Å². The second kappa shape index (κ2) is 5.07. The summed E-state index contributed by atoms with van der Waals surface area (Å²) < 4.78 is 21.8. The Hall–Kier alpha value is -1.18. The van der Waals surface area contributed by atoms with Gasteiger partial charge in [0.2, 0.25) is 0 Å². The Labute approximate surface area is 110 Å². The molecule has 7 heteroatoms. The fourth-order valence-corrected chi connectivity index (χ4v) is 3.48. The Bertz CT molecular complexity index is 364. The van der Waals surface area contributed by atoms with Gasteiger partial charge < -0.3 is 18.9 Å². The molecular formula is C12H17NO6. The standard InChI is InChI=1S/C12H17NO6/c14-6-16-5-12-8(4-13-11(12)18-7-15)10-9(19-12)2-1-3-17-10/h6-11,13H,1-5H2/t8?,9-,10-,11-,12+/m0/s1. The van der Waals surface area contributed by atoms with E-state index in [0.717, 1.165) is 12.8 Å². The van der Waals surface area contributed by atoms with E-state index in [1.807, 2.05) is 0 Å². The van der Waals surface area contributed by atoms with E-state index in [4.69, 9.17) is 18.9 Å². The molecule has 0 aromatic carbocycles. The summed E-state index contributed by atoms with van der Waals surface area (Å²) in [5.41, 5.74) is -0.832. The van der Waals surface area contributed by atoms with Crippen LogP contribution >= 0.6 is 0 Å². The topological polar surface area (TPSA) is 83.1 Å². The highest BCUT2D eigenvalue weighted by Crippen LogP contribution is 2.46. The van der Waals surface area contributed by atoms with Gasteiger partial charge in [-0.1, -0.05) is 0 Å². The van der Waals surface area contributed by atoms with E-state index in [0.29, 0.717) is 26.1 Å². The third kappa shape index (κ3) is 1.92. The zero-order valence-corrected chi connectivity index (χ0v) is 10.4. The molecule has 19 heavy (non-hydrogen) atoms. The summed E-state index contributed by atoms with van der Waals surface area (Å²) in [7, 11) is 0. The predicted molar refractivity (Wildman–Crippen MR) is 61.0 cm³/mol. The Kier molecular flexibility index (Phi) is 3.42. The third-order valence-electron chi connectivity index (χ3n) is 4.24. The van der Waals surface area contributed by atoms with Crippen LogP contribution in [0.2, 0.25) is 0 Å². The summed E-state index contributed by atoms with van der Waals surface area (Å²) in [4.78, 5) is 21.1. The molecule has 3 rings (SSSR count). The molecule has 1 N–H and O–H groups in total. The van der Waals surface area contributed by atoms with Crippen LogP contribution in [0, 0.1) is 5.92 Å². The lowest BCUT2D eigenvalue weighted by atomic mass is 9.86. The average molecular weight is 271 g/mol. The number of fused-ring (bicyclic) bond motifs is 3. The van der Waals surface area contributed by atoms with E-state index in [1.165, 1.54) is 0 Å². The van der Waals surface area contributed by atoms with Crippen LogP contribution in [-0.4, -0.2) is 56.7 Å². The van der Waals surface area contributed by atoms with Gasteiger partial charge >= 0.3 is 0 Å². The highest BCUT2D eigenvalue weighted by Gasteiger charge is 2.64. The molecule has 0 aliphatic carbocycles. The molecule has 3 heterocycles. The van der Waals surface area contributed by atoms with Crippen LogP contribution in [0.5, 0.6) is 0 Å². The average Bonchev–Trinajstić information content (AvgIpc) is 2.92. The molecule has 3 aliphatic rings. The van der Waals surface area contributed by atoms with Crippen LogP contribution in [0.4, 0.5) is 0 Å². The highest BCUT2D eigenvalue weighted by molar-refractivity contribution is 5.39. The lowest BCUT2D eigenvalue weighted by Crippen LogP contribution is -2.51. The lowest BCUT2D eigenvalue weighted by molar-refractivity contribution is -0.178. The minimum absolute atomic E-state index is 0.0164. The first kappa shape index (κ1) is 12.8. The molecule has 3 aliphatic heterocycles. The van der Waals surface area contributed by atoms with Gasteiger partial charge in [0.1, 0.15) is 6.61 Å². The summed E-state index contributed by atoms with van der Waals surface area (Å²) in [6.07, 6.45) is 1.21. The molecule has 0 aromatic heterocycles. The second-order valence-corrected chi connectivity index (χ2v) is 5.12. The first-order valence-electron chi connectivity index (χ1n) is 6.49. The number of carbonyl (C=O) groups excluding carboxylic acids is 2. The number of rotatable bonds is 5. The fraction of sp³-hybridized carbons (Fsp3) is 0.833. The smallest absolute Gasteiger partial charge is 0.294 e. The Balaban J connectivity index is 1.85. The summed E-state index contributed by atoms with van der Waals surface area (Å²) >= 11 is 0. The van der Waals surface area contributed by atoms with Crippen molar-refractivity contribution in [3.05, 3.63) is 0 Å². The molecule has 0 spiro atoms. The first-order chi connectivity index (χ1) is 9.31. The zero-order valence-electron chi connectivity index (χ0n) is 10.4. The number of ether oxygens (including phenoxy) is 4. The molecule has 106 valence electrons. The molecule has 0 bridgehead atoms. The van der Waals surface area contributed by atoms with Crippen LogP contribution in [-0.2, 0) is 28.5 Å². The van der Waals surface area contributed by atoms with Gasteiger partial charge in [0.25, 0.3) is 12.9 Å². The van der Waals surface area contributed by atoms with Crippen LogP contribution in [0.15, 0.2) is 0 Å². The maximum atomic E-state index is 10.6. The van der Waals surface area contributed by atoms with Crippen LogP contribution in [0.1, 0.15) is 12.8 Å². The van der Waals surface area contributed by atoms with Crippen molar-refractivity contribution >= 4 is 12.9 Å². The monoisotopic (exact) mass is 271 g/mol. The Morgan fingerprint density at radius 2 is 2.26 bits per heavy atom. The molecule has 0 radical (unpaired) electrons. The molecule has 3 fully saturated rings. The number of hydrogen-bond donors (Lipinski definition) is 1. The Morgan fingerprint density at radius 3 is 3.05 bits per heavy atom. The molecule has 0 aromatic rings.